The summed E-state index contributed by atoms with van der Waals surface area (Å²) in [5.74, 6) is -1.37. The molecule has 1 aromatic carbocycles. The number of carbonyl (C=O) groups is 3. The first kappa shape index (κ1) is 23.5. The third-order valence-electron chi connectivity index (χ3n) is 6.38. The Kier molecular flexibility index (Phi) is 6.61. The zero-order chi connectivity index (χ0) is 25.1. The van der Waals surface area contributed by atoms with Gasteiger partial charge in [-0.3, -0.25) is 24.5 Å². The lowest BCUT2D eigenvalue weighted by molar-refractivity contribution is -0.122. The van der Waals surface area contributed by atoms with Crippen LogP contribution in [0.5, 0.6) is 5.75 Å². The summed E-state index contributed by atoms with van der Waals surface area (Å²) in [5.41, 5.74) is 1.47. The summed E-state index contributed by atoms with van der Waals surface area (Å²) in [6.45, 7) is 0.452. The van der Waals surface area contributed by atoms with E-state index < -0.39 is 11.7 Å². The smallest absolute Gasteiger partial charge is 0.272 e. The van der Waals surface area contributed by atoms with E-state index in [0.29, 0.717) is 24.2 Å². The van der Waals surface area contributed by atoms with Crippen molar-refractivity contribution in [2.75, 3.05) is 19.7 Å². The molecule has 2 aliphatic heterocycles. The Morgan fingerprint density at radius 1 is 1.06 bits per heavy atom. The highest BCUT2D eigenvalue weighted by Crippen LogP contribution is 2.29. The molecule has 0 aliphatic carbocycles. The van der Waals surface area contributed by atoms with Gasteiger partial charge in [-0.25, -0.2) is 4.39 Å². The van der Waals surface area contributed by atoms with Crippen molar-refractivity contribution >= 4 is 17.7 Å². The van der Waals surface area contributed by atoms with Crippen molar-refractivity contribution in [3.63, 3.8) is 0 Å². The molecule has 2 bridgehead atoms. The molecule has 36 heavy (non-hydrogen) atoms. The normalized spacial score (nSPS) is 20.5. The van der Waals surface area contributed by atoms with E-state index in [-0.39, 0.29) is 67.0 Å². The summed E-state index contributed by atoms with van der Waals surface area (Å²) in [6.07, 6.45) is 2.96. The Balaban J connectivity index is 1.41. The number of hydrogen-bond acceptors (Lipinski definition) is 6. The van der Waals surface area contributed by atoms with Gasteiger partial charge in [0.1, 0.15) is 29.6 Å². The highest BCUT2D eigenvalue weighted by molar-refractivity contribution is 5.97. The van der Waals surface area contributed by atoms with Crippen molar-refractivity contribution in [1.29, 1.82) is 0 Å². The minimum Gasteiger partial charge on any atom is -0.491 e. The topological polar surface area (TPSA) is 129 Å². The van der Waals surface area contributed by atoms with Crippen LogP contribution in [0, 0.1) is 5.82 Å². The Morgan fingerprint density at radius 2 is 1.92 bits per heavy atom. The van der Waals surface area contributed by atoms with E-state index in [4.69, 9.17) is 4.74 Å². The zero-order valence-electron chi connectivity index (χ0n) is 19.4. The molecule has 3 amide bonds. The van der Waals surface area contributed by atoms with Crippen molar-refractivity contribution in [1.82, 2.24) is 30.7 Å². The number of aromatic nitrogens is 3. The summed E-state index contributed by atoms with van der Waals surface area (Å²) >= 11 is 0. The van der Waals surface area contributed by atoms with E-state index in [0.717, 1.165) is 6.07 Å². The fourth-order valence-electron chi connectivity index (χ4n) is 4.66. The molecule has 2 atom stereocenters. The predicted molar refractivity (Wildman–Crippen MR) is 127 cm³/mol. The standard InChI is InChI=1S/C25H25FN6O4/c26-15-4-7-22-18(11-15)24(34)29-14-17-6-5-16(12-23(33)28-9-10-36-22)32(17)25(35)21-13-20(30-31-21)19-3-1-2-8-27-19/h1-4,7-8,11,13,16-17H,5-6,9-10,12,14H2,(H,28,33)(H,29,34)(H,30,31)/t16-,17+/m0/s1. The second-order valence-corrected chi connectivity index (χ2v) is 8.73. The molecule has 0 spiro atoms. The third-order valence-corrected chi connectivity index (χ3v) is 6.38. The minimum absolute atomic E-state index is 0.0550. The molecule has 3 N–H and O–H groups in total. The number of amides is 3. The lowest BCUT2D eigenvalue weighted by Crippen LogP contribution is -2.48. The van der Waals surface area contributed by atoms with Gasteiger partial charge >= 0.3 is 0 Å². The summed E-state index contributed by atoms with van der Waals surface area (Å²) < 4.78 is 19.5. The van der Waals surface area contributed by atoms with Crippen LogP contribution in [0.1, 0.15) is 40.1 Å². The largest absolute Gasteiger partial charge is 0.491 e. The van der Waals surface area contributed by atoms with E-state index in [1.54, 1.807) is 29.3 Å². The van der Waals surface area contributed by atoms with Gasteiger partial charge in [0.15, 0.2) is 0 Å². The number of hydrogen-bond donors (Lipinski definition) is 3. The molecule has 3 aromatic rings. The first-order chi connectivity index (χ1) is 17.5. The van der Waals surface area contributed by atoms with Crippen LogP contribution in [0.4, 0.5) is 4.39 Å². The molecule has 1 saturated heterocycles. The fourth-order valence-corrected chi connectivity index (χ4v) is 4.66. The quantitative estimate of drug-likeness (QED) is 0.501. The molecule has 10 nitrogen and oxygen atoms in total. The van der Waals surface area contributed by atoms with Gasteiger partial charge in [0, 0.05) is 31.2 Å². The van der Waals surface area contributed by atoms with Crippen LogP contribution in [-0.2, 0) is 4.79 Å². The molecule has 4 heterocycles. The van der Waals surface area contributed by atoms with Gasteiger partial charge < -0.3 is 20.3 Å². The first-order valence-corrected chi connectivity index (χ1v) is 11.8. The van der Waals surface area contributed by atoms with Crippen LogP contribution in [0.2, 0.25) is 0 Å². The average Bonchev–Trinajstić information content (AvgIpc) is 3.53. The van der Waals surface area contributed by atoms with Crippen molar-refractivity contribution in [3.05, 3.63) is 65.7 Å². The van der Waals surface area contributed by atoms with Gasteiger partial charge in [-0.15, -0.1) is 0 Å². The van der Waals surface area contributed by atoms with Crippen LogP contribution in [0.3, 0.4) is 0 Å². The number of carbonyl (C=O) groups excluding carboxylic acids is 3. The highest BCUT2D eigenvalue weighted by atomic mass is 19.1. The summed E-state index contributed by atoms with van der Waals surface area (Å²) in [6, 6.07) is 10.0. The van der Waals surface area contributed by atoms with Gasteiger partial charge in [-0.05, 0) is 49.2 Å². The van der Waals surface area contributed by atoms with Gasteiger partial charge in [-0.1, -0.05) is 6.07 Å². The Morgan fingerprint density at radius 3 is 2.75 bits per heavy atom. The molecule has 1 fully saturated rings. The van der Waals surface area contributed by atoms with Crippen molar-refractivity contribution in [2.24, 2.45) is 0 Å². The number of nitrogens with one attached hydrogen (secondary N) is 3. The van der Waals surface area contributed by atoms with Gasteiger partial charge in [0.05, 0.1) is 17.8 Å². The third kappa shape index (κ3) is 4.90. The molecule has 11 heteroatoms. The summed E-state index contributed by atoms with van der Waals surface area (Å²) in [7, 11) is 0. The Hall–Kier alpha value is -4.28. The molecule has 0 saturated carbocycles. The molecule has 2 aromatic heterocycles. The van der Waals surface area contributed by atoms with E-state index in [1.807, 2.05) is 6.07 Å². The zero-order valence-corrected chi connectivity index (χ0v) is 19.4. The average molecular weight is 493 g/mol. The van der Waals surface area contributed by atoms with Crippen molar-refractivity contribution in [2.45, 2.75) is 31.3 Å². The Labute approximate surface area is 206 Å². The van der Waals surface area contributed by atoms with Crippen LogP contribution in [0.15, 0.2) is 48.7 Å². The number of ether oxygens (including phenoxy) is 1. The van der Waals surface area contributed by atoms with E-state index in [2.05, 4.69) is 25.8 Å². The maximum atomic E-state index is 13.9. The lowest BCUT2D eigenvalue weighted by Gasteiger charge is -2.30. The maximum Gasteiger partial charge on any atom is 0.272 e. The van der Waals surface area contributed by atoms with Gasteiger partial charge in [-0.2, -0.15) is 5.10 Å². The molecular weight excluding hydrogens is 467 g/mol. The fraction of sp³-hybridized carbons (Fsp3) is 0.320. The van der Waals surface area contributed by atoms with Crippen LogP contribution < -0.4 is 15.4 Å². The molecule has 5 rings (SSSR count). The van der Waals surface area contributed by atoms with E-state index in [1.165, 1.54) is 12.1 Å². The number of aromatic amines is 1. The first-order valence-electron chi connectivity index (χ1n) is 11.8. The van der Waals surface area contributed by atoms with Crippen LogP contribution >= 0.6 is 0 Å². The number of benzene rings is 1. The lowest BCUT2D eigenvalue weighted by atomic mass is 10.1. The van der Waals surface area contributed by atoms with Gasteiger partial charge in [0.25, 0.3) is 11.8 Å². The SMILES string of the molecule is O=C1C[C@@H]2CC[C@H](CNC(=O)c3cc(F)ccc3OCCN1)N2C(=O)c1cc(-c2ccccn2)n[nH]1. The molecule has 0 unspecified atom stereocenters. The van der Waals surface area contributed by atoms with Crippen molar-refractivity contribution < 1.29 is 23.5 Å². The Bertz CT molecular complexity index is 1280. The highest BCUT2D eigenvalue weighted by Gasteiger charge is 2.39. The van der Waals surface area contributed by atoms with Crippen LogP contribution in [0.25, 0.3) is 11.4 Å². The number of halogens is 1. The monoisotopic (exact) mass is 492 g/mol. The maximum absolute atomic E-state index is 13.9. The predicted octanol–water partition coefficient (Wildman–Crippen LogP) is 1.91. The number of H-pyrrole nitrogens is 1. The second kappa shape index (κ2) is 10.1. The summed E-state index contributed by atoms with van der Waals surface area (Å²) in [5, 5.41) is 12.6. The van der Waals surface area contributed by atoms with Crippen molar-refractivity contribution in [3.8, 4) is 17.1 Å². The number of pyridine rings is 1. The van der Waals surface area contributed by atoms with E-state index in [9.17, 15) is 18.8 Å². The van der Waals surface area contributed by atoms with Crippen LogP contribution in [-0.4, -0.2) is 69.6 Å². The summed E-state index contributed by atoms with van der Waals surface area (Å²) in [4.78, 5) is 45.0. The van der Waals surface area contributed by atoms with Gasteiger partial charge in [0.2, 0.25) is 5.91 Å². The number of rotatable bonds is 2. The minimum atomic E-state index is -0.567. The molecule has 2 aliphatic rings. The molecule has 0 radical (unpaired) electrons. The molecular formula is C25H25FN6O4. The second-order valence-electron chi connectivity index (χ2n) is 8.73. The number of nitrogens with zero attached hydrogens (tertiary/aromatic N) is 3. The molecule has 186 valence electrons. The van der Waals surface area contributed by atoms with E-state index >= 15 is 0 Å². The number of fused-ring (bicyclic) bond motifs is 3.